The van der Waals surface area contributed by atoms with Gasteiger partial charge in [0.05, 0.1) is 0 Å². The van der Waals surface area contributed by atoms with Crippen LogP contribution >= 0.6 is 0 Å². The fraction of sp³-hybridized carbons (Fsp3) is 0.200. The van der Waals surface area contributed by atoms with E-state index in [9.17, 15) is 13.2 Å². The molecule has 22 heavy (non-hydrogen) atoms. The average Bonchev–Trinajstić information content (AvgIpc) is 2.87. The molecule has 7 heteroatoms. The fourth-order valence-electron chi connectivity index (χ4n) is 2.36. The van der Waals surface area contributed by atoms with E-state index in [0.717, 1.165) is 22.7 Å². The zero-order chi connectivity index (χ0) is 15.7. The molecule has 0 spiro atoms. The number of halogens is 3. The van der Waals surface area contributed by atoms with Crippen LogP contribution in [-0.4, -0.2) is 15.0 Å². The number of alkyl halides is 3. The van der Waals surface area contributed by atoms with Crippen molar-refractivity contribution in [3.8, 4) is 0 Å². The molecule has 0 radical (unpaired) electrons. The van der Waals surface area contributed by atoms with Crippen molar-refractivity contribution >= 4 is 16.7 Å². The lowest BCUT2D eigenvalue weighted by Gasteiger charge is -2.09. The van der Waals surface area contributed by atoms with E-state index in [0.29, 0.717) is 18.7 Å². The minimum absolute atomic E-state index is 0.302. The molecule has 0 unspecified atom stereocenters. The van der Waals surface area contributed by atoms with Gasteiger partial charge in [0, 0.05) is 29.7 Å². The highest BCUT2D eigenvalue weighted by molar-refractivity contribution is 5.83. The predicted octanol–water partition coefficient (Wildman–Crippen LogP) is 3.34. The number of rotatable bonds is 3. The molecule has 1 aromatic carbocycles. The zero-order valence-corrected chi connectivity index (χ0v) is 11.5. The van der Waals surface area contributed by atoms with E-state index in [4.69, 9.17) is 5.73 Å². The van der Waals surface area contributed by atoms with Gasteiger partial charge in [0.25, 0.3) is 0 Å². The highest BCUT2D eigenvalue weighted by Gasteiger charge is 2.34. The maximum absolute atomic E-state index is 12.6. The quantitative estimate of drug-likeness (QED) is 0.780. The van der Waals surface area contributed by atoms with E-state index in [1.54, 1.807) is 0 Å². The molecule has 0 saturated carbocycles. The van der Waals surface area contributed by atoms with Crippen molar-refractivity contribution in [2.75, 3.05) is 5.73 Å². The number of nitrogens with one attached hydrogen (secondary N) is 1. The van der Waals surface area contributed by atoms with Crippen molar-refractivity contribution in [2.24, 2.45) is 0 Å². The number of benzene rings is 1. The molecule has 3 rings (SSSR count). The molecule has 0 aliphatic rings. The van der Waals surface area contributed by atoms with Crippen molar-refractivity contribution < 1.29 is 13.2 Å². The number of H-pyrrole nitrogens is 1. The molecule has 0 amide bonds. The van der Waals surface area contributed by atoms with Gasteiger partial charge in [-0.25, -0.2) is 9.97 Å². The summed E-state index contributed by atoms with van der Waals surface area (Å²) in [6.07, 6.45) is -0.858. The minimum atomic E-state index is -4.53. The second kappa shape index (κ2) is 5.32. The number of para-hydroxylation sites is 1. The molecule has 0 aliphatic heterocycles. The third kappa shape index (κ3) is 2.74. The van der Waals surface area contributed by atoms with E-state index in [-0.39, 0.29) is 0 Å². The van der Waals surface area contributed by atoms with E-state index in [2.05, 4.69) is 15.0 Å². The largest absolute Gasteiger partial charge is 0.421 e. The summed E-state index contributed by atoms with van der Waals surface area (Å²) >= 11 is 0. The van der Waals surface area contributed by atoms with Crippen LogP contribution in [0.4, 0.5) is 19.0 Å². The molecule has 0 aliphatic carbocycles. The summed E-state index contributed by atoms with van der Waals surface area (Å²) in [6.45, 7) is 0. The second-order valence-electron chi connectivity index (χ2n) is 4.94. The molecule has 0 atom stereocenters. The maximum Gasteiger partial charge on any atom is 0.421 e. The van der Waals surface area contributed by atoms with Crippen LogP contribution in [0.1, 0.15) is 17.0 Å². The summed E-state index contributed by atoms with van der Waals surface area (Å²) in [7, 11) is 0. The fourth-order valence-corrected chi connectivity index (χ4v) is 2.36. The van der Waals surface area contributed by atoms with Crippen molar-refractivity contribution in [2.45, 2.75) is 19.0 Å². The third-order valence-corrected chi connectivity index (χ3v) is 3.47. The Bertz CT molecular complexity index is 808. The number of anilines is 1. The van der Waals surface area contributed by atoms with Crippen LogP contribution in [0.2, 0.25) is 0 Å². The van der Waals surface area contributed by atoms with Gasteiger partial charge in [0.1, 0.15) is 17.2 Å². The minimum Gasteiger partial charge on any atom is -0.383 e. The first-order chi connectivity index (χ1) is 10.4. The Hall–Kier alpha value is -2.57. The van der Waals surface area contributed by atoms with E-state index in [1.807, 2.05) is 30.5 Å². The molecular weight excluding hydrogens is 293 g/mol. The number of nitrogen functional groups attached to an aromatic ring is 1. The van der Waals surface area contributed by atoms with Crippen LogP contribution in [0.5, 0.6) is 0 Å². The van der Waals surface area contributed by atoms with E-state index in [1.165, 1.54) is 0 Å². The van der Waals surface area contributed by atoms with Gasteiger partial charge in [-0.1, -0.05) is 18.2 Å². The van der Waals surface area contributed by atoms with Crippen LogP contribution in [0.15, 0.2) is 36.7 Å². The molecule has 2 aromatic heterocycles. The van der Waals surface area contributed by atoms with Crippen LogP contribution in [0.3, 0.4) is 0 Å². The van der Waals surface area contributed by atoms with Gasteiger partial charge in [-0.05, 0) is 18.1 Å². The lowest BCUT2D eigenvalue weighted by atomic mass is 10.1. The molecule has 0 saturated heterocycles. The molecular formula is C15H13F3N4. The van der Waals surface area contributed by atoms with E-state index < -0.39 is 17.6 Å². The Labute approximate surface area is 124 Å². The summed E-state index contributed by atoms with van der Waals surface area (Å²) in [4.78, 5) is 10.7. The number of fused-ring (bicyclic) bond motifs is 1. The number of aromatic amines is 1. The molecule has 0 bridgehead atoms. The molecule has 3 N–H and O–H groups in total. The summed E-state index contributed by atoms with van der Waals surface area (Å²) in [5.41, 5.74) is 6.46. The summed E-state index contributed by atoms with van der Waals surface area (Å²) in [5, 5.41) is 1.09. The van der Waals surface area contributed by atoms with Gasteiger partial charge in [-0.3, -0.25) is 0 Å². The average molecular weight is 306 g/mol. The first kappa shape index (κ1) is 14.4. The summed E-state index contributed by atoms with van der Waals surface area (Å²) in [5.74, 6) is -0.229. The molecule has 114 valence electrons. The predicted molar refractivity (Wildman–Crippen MR) is 77.2 cm³/mol. The van der Waals surface area contributed by atoms with Gasteiger partial charge in [0.15, 0.2) is 0 Å². The molecule has 0 fully saturated rings. The number of aryl methyl sites for hydroxylation is 2. The highest BCUT2D eigenvalue weighted by atomic mass is 19.4. The van der Waals surface area contributed by atoms with Crippen molar-refractivity contribution in [3.63, 3.8) is 0 Å². The number of aromatic nitrogens is 3. The highest BCUT2D eigenvalue weighted by Crippen LogP contribution is 2.31. The summed E-state index contributed by atoms with van der Waals surface area (Å²) < 4.78 is 37.8. The van der Waals surface area contributed by atoms with Crippen LogP contribution in [0, 0.1) is 0 Å². The normalized spacial score (nSPS) is 12.0. The maximum atomic E-state index is 12.6. The topological polar surface area (TPSA) is 67.6 Å². The van der Waals surface area contributed by atoms with Gasteiger partial charge in [-0.2, -0.15) is 13.2 Å². The van der Waals surface area contributed by atoms with E-state index >= 15 is 0 Å². The van der Waals surface area contributed by atoms with Crippen molar-refractivity contribution in [1.82, 2.24) is 15.0 Å². The van der Waals surface area contributed by atoms with Crippen LogP contribution < -0.4 is 5.73 Å². The molecule has 2 heterocycles. The number of nitrogens with two attached hydrogens (primary N) is 1. The first-order valence-corrected chi connectivity index (χ1v) is 6.69. The zero-order valence-electron chi connectivity index (χ0n) is 11.5. The Morgan fingerprint density at radius 2 is 1.91 bits per heavy atom. The van der Waals surface area contributed by atoms with Crippen molar-refractivity contribution in [3.05, 3.63) is 53.6 Å². The Morgan fingerprint density at radius 1 is 1.14 bits per heavy atom. The third-order valence-electron chi connectivity index (χ3n) is 3.47. The second-order valence-corrected chi connectivity index (χ2v) is 4.94. The number of hydrogen-bond acceptors (Lipinski definition) is 3. The summed E-state index contributed by atoms with van der Waals surface area (Å²) in [6, 6.07) is 7.82. The molecule has 4 nitrogen and oxygen atoms in total. The SMILES string of the molecule is Nc1nc(CCc2c[nH]c3ccccc23)ncc1C(F)(F)F. The Balaban J connectivity index is 1.78. The van der Waals surface area contributed by atoms with Gasteiger partial charge in [-0.15, -0.1) is 0 Å². The van der Waals surface area contributed by atoms with Crippen molar-refractivity contribution in [1.29, 1.82) is 0 Å². The monoisotopic (exact) mass is 306 g/mol. The lowest BCUT2D eigenvalue weighted by Crippen LogP contribution is -2.13. The van der Waals surface area contributed by atoms with Gasteiger partial charge >= 0.3 is 6.18 Å². The first-order valence-electron chi connectivity index (χ1n) is 6.69. The number of hydrogen-bond donors (Lipinski definition) is 2. The Morgan fingerprint density at radius 3 is 2.64 bits per heavy atom. The Kier molecular flexibility index (Phi) is 3.48. The lowest BCUT2D eigenvalue weighted by molar-refractivity contribution is -0.137. The smallest absolute Gasteiger partial charge is 0.383 e. The standard InChI is InChI=1S/C15H13F3N4/c16-15(17,18)11-8-21-13(22-14(11)19)6-5-9-7-20-12-4-2-1-3-10(9)12/h1-4,7-8,20H,5-6H2,(H2,19,21,22). The van der Waals surface area contributed by atoms with Crippen LogP contribution in [-0.2, 0) is 19.0 Å². The molecule has 3 aromatic rings. The van der Waals surface area contributed by atoms with Gasteiger partial charge < -0.3 is 10.7 Å². The number of nitrogens with zero attached hydrogens (tertiary/aromatic N) is 2. The van der Waals surface area contributed by atoms with Crippen LogP contribution in [0.25, 0.3) is 10.9 Å². The van der Waals surface area contributed by atoms with Gasteiger partial charge in [0.2, 0.25) is 0 Å².